The van der Waals surface area contributed by atoms with Gasteiger partial charge in [-0.3, -0.25) is 4.79 Å². The molecule has 1 heterocycles. The van der Waals surface area contributed by atoms with Crippen molar-refractivity contribution in [1.82, 2.24) is 5.16 Å². The van der Waals surface area contributed by atoms with E-state index in [0.29, 0.717) is 16.8 Å². The lowest BCUT2D eigenvalue weighted by atomic mass is 10.1. The van der Waals surface area contributed by atoms with E-state index in [-0.39, 0.29) is 5.76 Å². The van der Waals surface area contributed by atoms with Crippen molar-refractivity contribution in [2.24, 2.45) is 0 Å². The topological polar surface area (TPSA) is 80.4 Å². The van der Waals surface area contributed by atoms with Gasteiger partial charge in [0.2, 0.25) is 5.76 Å². The van der Waals surface area contributed by atoms with Crippen LogP contribution in [0.3, 0.4) is 0 Å². The summed E-state index contributed by atoms with van der Waals surface area (Å²) in [6.07, 6.45) is 0.731. The number of rotatable bonds is 3. The van der Waals surface area contributed by atoms with Crippen LogP contribution in [0.25, 0.3) is 11.3 Å². The van der Waals surface area contributed by atoms with E-state index in [2.05, 4.69) is 9.68 Å². The number of carbonyl (C=O) groups excluding carboxylic acids is 1. The molecule has 2 aromatic rings. The lowest BCUT2D eigenvalue weighted by Crippen LogP contribution is -1.91. The van der Waals surface area contributed by atoms with Crippen LogP contribution in [0.2, 0.25) is 0 Å². The molecule has 5 nitrogen and oxygen atoms in total. The Balaban J connectivity index is 2.35. The summed E-state index contributed by atoms with van der Waals surface area (Å²) in [4.78, 5) is 21.0. The van der Waals surface area contributed by atoms with Crippen LogP contribution in [0, 0.1) is 0 Å². The van der Waals surface area contributed by atoms with E-state index < -0.39 is 5.97 Å². The summed E-state index contributed by atoms with van der Waals surface area (Å²) >= 11 is 0. The minimum atomic E-state index is -1.16. The molecule has 1 aromatic heterocycles. The Morgan fingerprint density at radius 1 is 1.31 bits per heavy atom. The van der Waals surface area contributed by atoms with Crippen LogP contribution in [0.15, 0.2) is 34.9 Å². The maximum absolute atomic E-state index is 10.6. The smallest absolute Gasteiger partial charge is 0.374 e. The number of carbonyl (C=O) groups is 2. The Morgan fingerprint density at radius 3 is 2.50 bits per heavy atom. The first-order chi connectivity index (χ1) is 7.70. The summed E-state index contributed by atoms with van der Waals surface area (Å²) < 4.78 is 4.62. The SMILES string of the molecule is O=Cc1ccc(-c2cc(C(=O)O)on2)cc1. The maximum Gasteiger partial charge on any atom is 0.374 e. The summed E-state index contributed by atoms with van der Waals surface area (Å²) in [6.45, 7) is 0. The molecule has 0 radical (unpaired) electrons. The van der Waals surface area contributed by atoms with E-state index in [9.17, 15) is 9.59 Å². The average Bonchev–Trinajstić information content (AvgIpc) is 2.78. The molecule has 2 rings (SSSR count). The van der Waals surface area contributed by atoms with E-state index in [4.69, 9.17) is 5.11 Å². The molecule has 0 aliphatic heterocycles. The van der Waals surface area contributed by atoms with Gasteiger partial charge in [-0.25, -0.2) is 4.79 Å². The van der Waals surface area contributed by atoms with Gasteiger partial charge in [0.25, 0.3) is 0 Å². The molecular weight excluding hydrogens is 210 g/mol. The Labute approximate surface area is 90.3 Å². The van der Waals surface area contributed by atoms with Crippen LogP contribution < -0.4 is 0 Å². The third kappa shape index (κ3) is 1.83. The van der Waals surface area contributed by atoms with Crippen LogP contribution in [-0.4, -0.2) is 22.5 Å². The fourth-order valence-corrected chi connectivity index (χ4v) is 1.24. The molecule has 0 aliphatic carbocycles. The van der Waals surface area contributed by atoms with E-state index in [1.807, 2.05) is 0 Å². The van der Waals surface area contributed by atoms with Gasteiger partial charge in [0.05, 0.1) is 0 Å². The highest BCUT2D eigenvalue weighted by Gasteiger charge is 2.11. The van der Waals surface area contributed by atoms with Crippen molar-refractivity contribution < 1.29 is 19.2 Å². The van der Waals surface area contributed by atoms with Crippen molar-refractivity contribution in [2.45, 2.75) is 0 Å². The molecule has 0 aliphatic rings. The number of aldehydes is 1. The number of carboxylic acid groups (broad SMARTS) is 1. The monoisotopic (exact) mass is 217 g/mol. The number of hydrogen-bond acceptors (Lipinski definition) is 4. The molecule has 0 fully saturated rings. The first-order valence-corrected chi connectivity index (χ1v) is 4.46. The first kappa shape index (κ1) is 10.1. The molecule has 0 atom stereocenters. The highest BCUT2D eigenvalue weighted by Crippen LogP contribution is 2.19. The number of benzene rings is 1. The number of carboxylic acids is 1. The molecule has 0 unspecified atom stereocenters. The zero-order valence-electron chi connectivity index (χ0n) is 8.08. The van der Waals surface area contributed by atoms with Crippen molar-refractivity contribution in [3.8, 4) is 11.3 Å². The predicted molar refractivity (Wildman–Crippen MR) is 54.3 cm³/mol. The normalized spacial score (nSPS) is 10.0. The summed E-state index contributed by atoms with van der Waals surface area (Å²) in [6, 6.07) is 7.92. The molecule has 80 valence electrons. The quantitative estimate of drug-likeness (QED) is 0.793. The molecule has 5 heteroatoms. The van der Waals surface area contributed by atoms with Crippen molar-refractivity contribution in [3.05, 3.63) is 41.7 Å². The van der Waals surface area contributed by atoms with Crippen LogP contribution in [0.5, 0.6) is 0 Å². The van der Waals surface area contributed by atoms with Gasteiger partial charge in [-0.2, -0.15) is 0 Å². The van der Waals surface area contributed by atoms with Crippen LogP contribution in [0.4, 0.5) is 0 Å². The largest absolute Gasteiger partial charge is 0.475 e. The molecule has 0 saturated carbocycles. The average molecular weight is 217 g/mol. The van der Waals surface area contributed by atoms with Crippen LogP contribution in [0.1, 0.15) is 20.9 Å². The summed E-state index contributed by atoms with van der Waals surface area (Å²) in [5.41, 5.74) is 1.67. The van der Waals surface area contributed by atoms with E-state index >= 15 is 0 Å². The van der Waals surface area contributed by atoms with Gasteiger partial charge >= 0.3 is 5.97 Å². The molecule has 0 saturated heterocycles. The molecule has 16 heavy (non-hydrogen) atoms. The second kappa shape index (κ2) is 3.98. The fraction of sp³-hybridized carbons (Fsp3) is 0. The van der Waals surface area contributed by atoms with Crippen LogP contribution in [-0.2, 0) is 0 Å². The van der Waals surface area contributed by atoms with E-state index in [1.165, 1.54) is 6.07 Å². The number of aromatic carboxylic acids is 1. The van der Waals surface area contributed by atoms with Gasteiger partial charge < -0.3 is 9.63 Å². The van der Waals surface area contributed by atoms with Crippen molar-refractivity contribution >= 4 is 12.3 Å². The van der Waals surface area contributed by atoms with Gasteiger partial charge in [-0.15, -0.1) is 0 Å². The zero-order chi connectivity index (χ0) is 11.5. The third-order valence-corrected chi connectivity index (χ3v) is 2.06. The van der Waals surface area contributed by atoms with Crippen molar-refractivity contribution in [1.29, 1.82) is 0 Å². The highest BCUT2D eigenvalue weighted by molar-refractivity contribution is 5.85. The molecule has 1 N–H and O–H groups in total. The Morgan fingerprint density at radius 2 is 2.00 bits per heavy atom. The zero-order valence-corrected chi connectivity index (χ0v) is 8.08. The molecule has 1 aromatic carbocycles. The van der Waals surface area contributed by atoms with E-state index in [1.54, 1.807) is 24.3 Å². The lowest BCUT2D eigenvalue weighted by Gasteiger charge is -1.94. The van der Waals surface area contributed by atoms with Crippen molar-refractivity contribution in [3.63, 3.8) is 0 Å². The van der Waals surface area contributed by atoms with Gasteiger partial charge in [0, 0.05) is 17.2 Å². The second-order valence-corrected chi connectivity index (χ2v) is 3.12. The van der Waals surface area contributed by atoms with E-state index in [0.717, 1.165) is 6.29 Å². The Hall–Kier alpha value is -2.43. The van der Waals surface area contributed by atoms with Gasteiger partial charge in [-0.05, 0) is 0 Å². The number of nitrogens with zero attached hydrogens (tertiary/aromatic N) is 1. The first-order valence-electron chi connectivity index (χ1n) is 4.46. The van der Waals surface area contributed by atoms with Gasteiger partial charge in [0.1, 0.15) is 12.0 Å². The summed E-state index contributed by atoms with van der Waals surface area (Å²) in [5.74, 6) is -1.38. The Bertz CT molecular complexity index is 527. The molecular formula is C11H7NO4. The molecule has 0 amide bonds. The predicted octanol–water partition coefficient (Wildman–Crippen LogP) is 1.85. The maximum atomic E-state index is 10.6. The molecule has 0 spiro atoms. The number of hydrogen-bond donors (Lipinski definition) is 1. The Kier molecular flexibility index (Phi) is 2.51. The minimum absolute atomic E-state index is 0.213. The van der Waals surface area contributed by atoms with Crippen LogP contribution >= 0.6 is 0 Å². The van der Waals surface area contributed by atoms with Crippen molar-refractivity contribution in [2.75, 3.05) is 0 Å². The summed E-state index contributed by atoms with van der Waals surface area (Å²) in [5, 5.41) is 12.3. The second-order valence-electron chi connectivity index (χ2n) is 3.12. The molecule has 0 bridgehead atoms. The highest BCUT2D eigenvalue weighted by atomic mass is 16.5. The lowest BCUT2D eigenvalue weighted by molar-refractivity contribution is 0.0652. The number of aromatic nitrogens is 1. The fourth-order valence-electron chi connectivity index (χ4n) is 1.24. The summed E-state index contributed by atoms with van der Waals surface area (Å²) in [7, 11) is 0. The van der Waals surface area contributed by atoms with Gasteiger partial charge in [-0.1, -0.05) is 29.4 Å². The minimum Gasteiger partial charge on any atom is -0.475 e. The standard InChI is InChI=1S/C11H7NO4/c13-6-7-1-3-8(4-2-7)9-5-10(11(14)15)16-12-9/h1-6H,(H,14,15). The van der Waals surface area contributed by atoms with Gasteiger partial charge in [0.15, 0.2) is 0 Å². The third-order valence-electron chi connectivity index (χ3n) is 2.06.